The molecule has 1 aromatic rings. The van der Waals surface area contributed by atoms with Gasteiger partial charge in [0.2, 0.25) is 0 Å². The Labute approximate surface area is 125 Å². The van der Waals surface area contributed by atoms with E-state index in [2.05, 4.69) is 34.4 Å². The molecule has 7 heteroatoms. The SMILES string of the molecule is CC(C)CNCc1csc(N2CCS(=O)(=O)CC2C)n1. The van der Waals surface area contributed by atoms with Crippen LogP contribution >= 0.6 is 11.3 Å². The maximum Gasteiger partial charge on any atom is 0.185 e. The van der Waals surface area contributed by atoms with Gasteiger partial charge in [0.05, 0.1) is 17.2 Å². The summed E-state index contributed by atoms with van der Waals surface area (Å²) in [6.45, 7) is 8.61. The number of aromatic nitrogens is 1. The Morgan fingerprint density at radius 3 is 2.95 bits per heavy atom. The summed E-state index contributed by atoms with van der Waals surface area (Å²) in [6.07, 6.45) is 0. The lowest BCUT2D eigenvalue weighted by Gasteiger charge is -2.32. The van der Waals surface area contributed by atoms with Gasteiger partial charge in [-0.15, -0.1) is 11.3 Å². The number of sulfone groups is 1. The average molecular weight is 317 g/mol. The molecule has 0 bridgehead atoms. The van der Waals surface area contributed by atoms with Crippen molar-refractivity contribution >= 4 is 26.3 Å². The molecule has 114 valence electrons. The number of nitrogens with one attached hydrogen (secondary N) is 1. The minimum Gasteiger partial charge on any atom is -0.343 e. The summed E-state index contributed by atoms with van der Waals surface area (Å²) in [6, 6.07) is 0.0105. The van der Waals surface area contributed by atoms with Crippen LogP contribution in [-0.2, 0) is 16.4 Å². The molecule has 0 spiro atoms. The van der Waals surface area contributed by atoms with Gasteiger partial charge in [-0.3, -0.25) is 0 Å². The van der Waals surface area contributed by atoms with Gasteiger partial charge in [-0.25, -0.2) is 13.4 Å². The highest BCUT2D eigenvalue weighted by molar-refractivity contribution is 7.91. The first kappa shape index (κ1) is 15.7. The van der Waals surface area contributed by atoms with E-state index < -0.39 is 9.84 Å². The first-order valence-electron chi connectivity index (χ1n) is 6.99. The van der Waals surface area contributed by atoms with Gasteiger partial charge in [0.25, 0.3) is 0 Å². The first-order chi connectivity index (χ1) is 9.37. The number of hydrogen-bond acceptors (Lipinski definition) is 6. The van der Waals surface area contributed by atoms with E-state index in [1.807, 2.05) is 6.92 Å². The second kappa shape index (κ2) is 6.41. The van der Waals surface area contributed by atoms with Crippen LogP contribution in [0, 0.1) is 5.92 Å². The van der Waals surface area contributed by atoms with Gasteiger partial charge in [0, 0.05) is 24.5 Å². The predicted molar refractivity (Wildman–Crippen MR) is 84.1 cm³/mol. The van der Waals surface area contributed by atoms with E-state index in [9.17, 15) is 8.42 Å². The van der Waals surface area contributed by atoms with Crippen molar-refractivity contribution in [1.82, 2.24) is 10.3 Å². The Balaban J connectivity index is 1.95. The van der Waals surface area contributed by atoms with Crippen LogP contribution in [0.4, 0.5) is 5.13 Å². The van der Waals surface area contributed by atoms with Crippen LogP contribution in [-0.4, -0.2) is 44.0 Å². The third-order valence-corrected chi connectivity index (χ3v) is 6.04. The molecule has 5 nitrogen and oxygen atoms in total. The Hall–Kier alpha value is -0.660. The molecule has 0 aliphatic carbocycles. The molecular weight excluding hydrogens is 294 g/mol. The van der Waals surface area contributed by atoms with Crippen molar-refractivity contribution in [1.29, 1.82) is 0 Å². The van der Waals surface area contributed by atoms with Gasteiger partial charge in [-0.1, -0.05) is 13.8 Å². The third-order valence-electron chi connectivity index (χ3n) is 3.31. The Bertz CT molecular complexity index is 540. The topological polar surface area (TPSA) is 62.3 Å². The fourth-order valence-corrected chi connectivity index (χ4v) is 4.79. The first-order valence-corrected chi connectivity index (χ1v) is 9.69. The van der Waals surface area contributed by atoms with E-state index >= 15 is 0 Å². The largest absolute Gasteiger partial charge is 0.343 e. The molecule has 1 aliphatic rings. The number of anilines is 1. The minimum absolute atomic E-state index is 0.0105. The van der Waals surface area contributed by atoms with Gasteiger partial charge < -0.3 is 10.2 Å². The lowest BCUT2D eigenvalue weighted by molar-refractivity contribution is 0.548. The highest BCUT2D eigenvalue weighted by atomic mass is 32.2. The van der Waals surface area contributed by atoms with Gasteiger partial charge in [0.1, 0.15) is 0 Å². The summed E-state index contributed by atoms with van der Waals surface area (Å²) >= 11 is 1.60. The van der Waals surface area contributed by atoms with Crippen LogP contribution in [0.25, 0.3) is 0 Å². The molecule has 1 saturated heterocycles. The molecule has 1 atom stereocenters. The average Bonchev–Trinajstić information content (AvgIpc) is 2.75. The molecular formula is C13H23N3O2S2. The summed E-state index contributed by atoms with van der Waals surface area (Å²) in [4.78, 5) is 6.72. The zero-order valence-electron chi connectivity index (χ0n) is 12.3. The van der Waals surface area contributed by atoms with Crippen molar-refractivity contribution in [2.45, 2.75) is 33.4 Å². The van der Waals surface area contributed by atoms with E-state index in [-0.39, 0.29) is 17.5 Å². The molecule has 20 heavy (non-hydrogen) atoms. The lowest BCUT2D eigenvalue weighted by atomic mass is 10.2. The fraction of sp³-hybridized carbons (Fsp3) is 0.769. The summed E-state index contributed by atoms with van der Waals surface area (Å²) in [5.74, 6) is 1.09. The molecule has 2 heterocycles. The molecule has 2 rings (SSSR count). The molecule has 1 aromatic heterocycles. The van der Waals surface area contributed by atoms with Crippen molar-refractivity contribution in [2.75, 3.05) is 29.5 Å². The van der Waals surface area contributed by atoms with Gasteiger partial charge >= 0.3 is 0 Å². The molecule has 1 N–H and O–H groups in total. The van der Waals surface area contributed by atoms with Crippen molar-refractivity contribution in [3.05, 3.63) is 11.1 Å². The third kappa shape index (κ3) is 4.17. The van der Waals surface area contributed by atoms with Crippen LogP contribution in [0.3, 0.4) is 0 Å². The number of nitrogens with zero attached hydrogens (tertiary/aromatic N) is 2. The Morgan fingerprint density at radius 1 is 1.55 bits per heavy atom. The fourth-order valence-electron chi connectivity index (χ4n) is 2.28. The van der Waals surface area contributed by atoms with E-state index in [0.29, 0.717) is 12.5 Å². The molecule has 1 aliphatic heterocycles. The zero-order valence-corrected chi connectivity index (χ0v) is 13.9. The van der Waals surface area contributed by atoms with Gasteiger partial charge in [0.15, 0.2) is 15.0 Å². The van der Waals surface area contributed by atoms with E-state index in [1.165, 1.54) is 0 Å². The monoisotopic (exact) mass is 317 g/mol. The number of hydrogen-bond donors (Lipinski definition) is 1. The quantitative estimate of drug-likeness (QED) is 0.892. The second-order valence-corrected chi connectivity index (χ2v) is 8.87. The second-order valence-electron chi connectivity index (χ2n) is 5.80. The maximum atomic E-state index is 11.6. The Morgan fingerprint density at radius 2 is 2.30 bits per heavy atom. The summed E-state index contributed by atoms with van der Waals surface area (Å²) < 4.78 is 23.2. The molecule has 1 fully saturated rings. The van der Waals surface area contributed by atoms with Crippen LogP contribution < -0.4 is 10.2 Å². The molecule has 0 saturated carbocycles. The zero-order chi connectivity index (χ0) is 14.8. The van der Waals surface area contributed by atoms with Crippen molar-refractivity contribution < 1.29 is 8.42 Å². The molecule has 0 amide bonds. The molecule has 0 radical (unpaired) electrons. The van der Waals surface area contributed by atoms with Crippen LogP contribution in [0.2, 0.25) is 0 Å². The van der Waals surface area contributed by atoms with Crippen molar-refractivity contribution in [2.24, 2.45) is 5.92 Å². The highest BCUT2D eigenvalue weighted by Gasteiger charge is 2.29. The minimum atomic E-state index is -2.87. The molecule has 1 unspecified atom stereocenters. The maximum absolute atomic E-state index is 11.6. The normalized spacial score (nSPS) is 22.4. The van der Waals surface area contributed by atoms with Crippen LogP contribution in [0.5, 0.6) is 0 Å². The molecule has 0 aromatic carbocycles. The van der Waals surface area contributed by atoms with E-state index in [0.717, 1.165) is 23.9 Å². The van der Waals surface area contributed by atoms with Gasteiger partial charge in [-0.05, 0) is 19.4 Å². The van der Waals surface area contributed by atoms with Crippen LogP contribution in [0.1, 0.15) is 26.5 Å². The number of thiazole rings is 1. The number of rotatable bonds is 5. The predicted octanol–water partition coefficient (Wildman–Crippen LogP) is 1.51. The smallest absolute Gasteiger partial charge is 0.185 e. The van der Waals surface area contributed by atoms with E-state index in [1.54, 1.807) is 11.3 Å². The summed E-state index contributed by atoms with van der Waals surface area (Å²) in [5, 5.41) is 6.36. The highest BCUT2D eigenvalue weighted by Crippen LogP contribution is 2.25. The van der Waals surface area contributed by atoms with Gasteiger partial charge in [-0.2, -0.15) is 0 Å². The summed E-state index contributed by atoms with van der Waals surface area (Å²) in [7, 11) is -2.87. The van der Waals surface area contributed by atoms with E-state index in [4.69, 9.17) is 0 Å². The van der Waals surface area contributed by atoms with Crippen molar-refractivity contribution in [3.63, 3.8) is 0 Å². The van der Waals surface area contributed by atoms with Crippen LogP contribution in [0.15, 0.2) is 5.38 Å². The summed E-state index contributed by atoms with van der Waals surface area (Å²) in [5.41, 5.74) is 1.03. The lowest BCUT2D eigenvalue weighted by Crippen LogP contribution is -2.47. The Kier molecular flexibility index (Phi) is 5.04. The van der Waals surface area contributed by atoms with Crippen molar-refractivity contribution in [3.8, 4) is 0 Å². The standard InChI is InChI=1S/C13H23N3O2S2/c1-10(2)6-14-7-12-8-19-13(15-12)16-4-5-20(17,18)9-11(16)3/h8,10-11,14H,4-7,9H2,1-3H3.